The largest absolute Gasteiger partial charge is 0.573 e. The van der Waals surface area contributed by atoms with E-state index in [-0.39, 0.29) is 5.75 Å². The van der Waals surface area contributed by atoms with Gasteiger partial charge in [-0.25, -0.2) is 0 Å². The van der Waals surface area contributed by atoms with Crippen molar-refractivity contribution in [1.29, 1.82) is 0 Å². The normalized spacial score (nSPS) is 11.8. The molecule has 2 nitrogen and oxygen atoms in total. The van der Waals surface area contributed by atoms with E-state index < -0.39 is 6.36 Å². The van der Waals surface area contributed by atoms with E-state index in [2.05, 4.69) is 4.74 Å². The number of fused-ring (bicyclic) bond motifs is 1. The highest BCUT2D eigenvalue weighted by atomic mass is 19.4. The first-order chi connectivity index (χ1) is 9.51. The molecule has 1 aromatic heterocycles. The Morgan fingerprint density at radius 1 is 0.900 bits per heavy atom. The zero-order valence-electron chi connectivity index (χ0n) is 10.1. The monoisotopic (exact) mass is 278 g/mol. The van der Waals surface area contributed by atoms with E-state index in [1.54, 1.807) is 0 Å². The van der Waals surface area contributed by atoms with Crippen LogP contribution in [0.15, 0.2) is 59.0 Å². The molecule has 0 spiro atoms. The molecule has 0 aliphatic rings. The number of furan rings is 1. The Morgan fingerprint density at radius 2 is 1.60 bits per heavy atom. The Kier molecular flexibility index (Phi) is 2.89. The van der Waals surface area contributed by atoms with Crippen molar-refractivity contribution in [1.82, 2.24) is 0 Å². The molecule has 20 heavy (non-hydrogen) atoms. The SMILES string of the molecule is FC(F)(F)Oc1ccc(-c2cc3ccccc3o2)cc1. The molecule has 0 atom stereocenters. The fourth-order valence-corrected chi connectivity index (χ4v) is 1.95. The number of rotatable bonds is 2. The second-order valence-corrected chi connectivity index (χ2v) is 4.22. The van der Waals surface area contributed by atoms with E-state index in [1.807, 2.05) is 30.3 Å². The number of hydrogen-bond donors (Lipinski definition) is 0. The first-order valence-electron chi connectivity index (χ1n) is 5.86. The Hall–Kier alpha value is -2.43. The average Bonchev–Trinajstić information content (AvgIpc) is 2.81. The van der Waals surface area contributed by atoms with Gasteiger partial charge in [-0.2, -0.15) is 0 Å². The summed E-state index contributed by atoms with van der Waals surface area (Å²) in [5.74, 6) is 0.349. The molecule has 0 radical (unpaired) electrons. The molecule has 102 valence electrons. The first kappa shape index (κ1) is 12.6. The van der Waals surface area contributed by atoms with Crippen molar-refractivity contribution in [2.75, 3.05) is 0 Å². The van der Waals surface area contributed by atoms with Gasteiger partial charge in [-0.3, -0.25) is 0 Å². The van der Waals surface area contributed by atoms with Gasteiger partial charge in [0.1, 0.15) is 17.1 Å². The van der Waals surface area contributed by atoms with Crippen molar-refractivity contribution in [3.63, 3.8) is 0 Å². The highest BCUT2D eigenvalue weighted by Crippen LogP contribution is 2.30. The molecule has 0 fully saturated rings. The first-order valence-corrected chi connectivity index (χ1v) is 5.86. The van der Waals surface area contributed by atoms with E-state index in [0.717, 1.165) is 11.0 Å². The number of alkyl halides is 3. The van der Waals surface area contributed by atoms with Gasteiger partial charge in [0.25, 0.3) is 0 Å². The summed E-state index contributed by atoms with van der Waals surface area (Å²) in [4.78, 5) is 0. The van der Waals surface area contributed by atoms with Gasteiger partial charge in [0.15, 0.2) is 0 Å². The van der Waals surface area contributed by atoms with E-state index in [0.29, 0.717) is 11.3 Å². The third kappa shape index (κ3) is 2.61. The van der Waals surface area contributed by atoms with Crippen molar-refractivity contribution >= 4 is 11.0 Å². The van der Waals surface area contributed by atoms with Crippen LogP contribution in [-0.2, 0) is 0 Å². The topological polar surface area (TPSA) is 22.4 Å². The van der Waals surface area contributed by atoms with Gasteiger partial charge in [-0.15, -0.1) is 13.2 Å². The number of halogens is 3. The van der Waals surface area contributed by atoms with Crippen LogP contribution in [0.25, 0.3) is 22.3 Å². The molecular weight excluding hydrogens is 269 g/mol. The maximum Gasteiger partial charge on any atom is 0.573 e. The Bertz CT molecular complexity index is 694. The summed E-state index contributed by atoms with van der Waals surface area (Å²) in [6, 6.07) is 14.9. The summed E-state index contributed by atoms with van der Waals surface area (Å²) in [6.45, 7) is 0. The summed E-state index contributed by atoms with van der Waals surface area (Å²) in [6.07, 6.45) is -4.68. The third-order valence-corrected chi connectivity index (χ3v) is 2.80. The third-order valence-electron chi connectivity index (χ3n) is 2.80. The maximum absolute atomic E-state index is 12.1. The predicted octanol–water partition coefficient (Wildman–Crippen LogP) is 5.00. The van der Waals surface area contributed by atoms with Crippen molar-refractivity contribution in [2.24, 2.45) is 0 Å². The molecule has 0 saturated carbocycles. The van der Waals surface area contributed by atoms with Gasteiger partial charge in [0.2, 0.25) is 0 Å². The number of para-hydroxylation sites is 1. The second kappa shape index (κ2) is 4.59. The minimum atomic E-state index is -4.68. The molecule has 0 unspecified atom stereocenters. The molecule has 0 bridgehead atoms. The quantitative estimate of drug-likeness (QED) is 0.658. The molecule has 0 saturated heterocycles. The molecule has 3 aromatic rings. The summed E-state index contributed by atoms with van der Waals surface area (Å²) in [7, 11) is 0. The van der Waals surface area contributed by atoms with Crippen LogP contribution in [-0.4, -0.2) is 6.36 Å². The van der Waals surface area contributed by atoms with Crippen LogP contribution in [0, 0.1) is 0 Å². The Morgan fingerprint density at radius 3 is 2.25 bits per heavy atom. The molecular formula is C15H9F3O2. The van der Waals surface area contributed by atoms with Crippen molar-refractivity contribution in [3.8, 4) is 17.1 Å². The second-order valence-electron chi connectivity index (χ2n) is 4.22. The highest BCUT2D eigenvalue weighted by Gasteiger charge is 2.30. The van der Waals surface area contributed by atoms with Crippen LogP contribution in [0.3, 0.4) is 0 Å². The fourth-order valence-electron chi connectivity index (χ4n) is 1.95. The van der Waals surface area contributed by atoms with E-state index in [4.69, 9.17) is 4.42 Å². The van der Waals surface area contributed by atoms with Gasteiger partial charge in [0.05, 0.1) is 0 Å². The molecule has 5 heteroatoms. The number of ether oxygens (including phenoxy) is 1. The lowest BCUT2D eigenvalue weighted by Crippen LogP contribution is -2.16. The lowest BCUT2D eigenvalue weighted by atomic mass is 10.1. The number of hydrogen-bond acceptors (Lipinski definition) is 2. The molecule has 0 N–H and O–H groups in total. The minimum absolute atomic E-state index is 0.252. The van der Waals surface area contributed by atoms with E-state index in [9.17, 15) is 13.2 Å². The Balaban J connectivity index is 1.90. The van der Waals surface area contributed by atoms with Crippen LogP contribution < -0.4 is 4.74 Å². The van der Waals surface area contributed by atoms with Crippen LogP contribution in [0.2, 0.25) is 0 Å². The molecule has 2 aromatic carbocycles. The van der Waals surface area contributed by atoms with Crippen LogP contribution in [0.5, 0.6) is 5.75 Å². The lowest BCUT2D eigenvalue weighted by molar-refractivity contribution is -0.274. The van der Waals surface area contributed by atoms with Gasteiger partial charge >= 0.3 is 6.36 Å². The van der Waals surface area contributed by atoms with E-state index in [1.165, 1.54) is 24.3 Å². The molecule has 3 rings (SSSR count). The summed E-state index contributed by atoms with van der Waals surface area (Å²) < 4.78 is 45.6. The number of benzene rings is 2. The van der Waals surface area contributed by atoms with Crippen LogP contribution in [0.1, 0.15) is 0 Å². The van der Waals surface area contributed by atoms with Crippen LogP contribution in [0.4, 0.5) is 13.2 Å². The van der Waals surface area contributed by atoms with Gasteiger partial charge < -0.3 is 9.15 Å². The summed E-state index contributed by atoms with van der Waals surface area (Å²) >= 11 is 0. The minimum Gasteiger partial charge on any atom is -0.456 e. The summed E-state index contributed by atoms with van der Waals surface area (Å²) in [5.41, 5.74) is 1.42. The average molecular weight is 278 g/mol. The molecule has 0 amide bonds. The smallest absolute Gasteiger partial charge is 0.456 e. The van der Waals surface area contributed by atoms with Crippen molar-refractivity contribution in [3.05, 3.63) is 54.6 Å². The Labute approximate surface area is 112 Å². The van der Waals surface area contributed by atoms with Crippen LogP contribution >= 0.6 is 0 Å². The molecule has 1 heterocycles. The fraction of sp³-hybridized carbons (Fsp3) is 0.0667. The standard InChI is InChI=1S/C15H9F3O2/c16-15(17,18)20-12-7-5-10(6-8-12)14-9-11-3-1-2-4-13(11)19-14/h1-9H. The summed E-state index contributed by atoms with van der Waals surface area (Å²) in [5, 5.41) is 0.943. The van der Waals surface area contributed by atoms with Gasteiger partial charge in [-0.1, -0.05) is 18.2 Å². The maximum atomic E-state index is 12.1. The zero-order valence-corrected chi connectivity index (χ0v) is 10.1. The lowest BCUT2D eigenvalue weighted by Gasteiger charge is -2.08. The van der Waals surface area contributed by atoms with E-state index >= 15 is 0 Å². The molecule has 0 aliphatic carbocycles. The van der Waals surface area contributed by atoms with Gasteiger partial charge in [0, 0.05) is 10.9 Å². The van der Waals surface area contributed by atoms with Crippen molar-refractivity contribution < 1.29 is 22.3 Å². The molecule has 0 aliphatic heterocycles. The van der Waals surface area contributed by atoms with Crippen molar-refractivity contribution in [2.45, 2.75) is 6.36 Å². The highest BCUT2D eigenvalue weighted by molar-refractivity contribution is 5.82. The predicted molar refractivity (Wildman–Crippen MR) is 68.3 cm³/mol. The van der Waals surface area contributed by atoms with Gasteiger partial charge in [-0.05, 0) is 36.4 Å². The zero-order chi connectivity index (χ0) is 14.2.